The molecule has 0 saturated heterocycles. The molecule has 0 aliphatic heterocycles. The fraction of sp³-hybridized carbons (Fsp3) is 0.0952. The van der Waals surface area contributed by atoms with E-state index in [0.717, 1.165) is 12.1 Å². The normalized spacial score (nSPS) is 11.1. The van der Waals surface area contributed by atoms with Crippen molar-refractivity contribution in [1.82, 2.24) is 20.0 Å². The Kier molecular flexibility index (Phi) is 4.90. The van der Waals surface area contributed by atoms with E-state index in [2.05, 4.69) is 15.3 Å². The highest BCUT2D eigenvalue weighted by molar-refractivity contribution is 6.15. The number of hydrogen-bond acceptors (Lipinski definition) is 5. The van der Waals surface area contributed by atoms with Crippen molar-refractivity contribution < 1.29 is 18.4 Å². The molecule has 2 amide bonds. The number of amides is 2. The van der Waals surface area contributed by atoms with Crippen molar-refractivity contribution in [1.29, 1.82) is 0 Å². The first kappa shape index (κ1) is 20.1. The Morgan fingerprint density at radius 2 is 1.81 bits per heavy atom. The zero-order valence-electron chi connectivity index (χ0n) is 16.3. The number of rotatable bonds is 5. The standard InChI is InChI=1S/C21H16F2N6O2/c1-10-18(27-28-29(10)9-11-6-7-12(22)8-14(11)23)17-16(20(24)30)13-4-2-3-5-15(13)26-19(17)21(25)31/h2-8H,9H2,1H3,(H2,24,30)(H2,25,31). The van der Waals surface area contributed by atoms with Gasteiger partial charge in [0, 0.05) is 22.6 Å². The molecule has 0 bridgehead atoms. The number of pyridine rings is 1. The van der Waals surface area contributed by atoms with Gasteiger partial charge >= 0.3 is 0 Å². The lowest BCUT2D eigenvalue weighted by Crippen LogP contribution is -2.21. The van der Waals surface area contributed by atoms with Crippen LogP contribution >= 0.6 is 0 Å². The minimum Gasteiger partial charge on any atom is -0.366 e. The maximum Gasteiger partial charge on any atom is 0.268 e. The molecular weight excluding hydrogens is 406 g/mol. The molecule has 0 aliphatic carbocycles. The summed E-state index contributed by atoms with van der Waals surface area (Å²) in [6.07, 6.45) is 0. The fourth-order valence-electron chi connectivity index (χ4n) is 3.43. The summed E-state index contributed by atoms with van der Waals surface area (Å²) < 4.78 is 28.6. The van der Waals surface area contributed by atoms with E-state index >= 15 is 0 Å². The van der Waals surface area contributed by atoms with Gasteiger partial charge in [-0.15, -0.1) is 5.10 Å². The molecule has 4 N–H and O–H groups in total. The minimum absolute atomic E-state index is 0.0301. The third kappa shape index (κ3) is 3.48. The van der Waals surface area contributed by atoms with Crippen molar-refractivity contribution in [3.05, 3.63) is 76.6 Å². The third-order valence-corrected chi connectivity index (χ3v) is 4.93. The van der Waals surface area contributed by atoms with Gasteiger partial charge in [0.1, 0.15) is 23.0 Å². The zero-order valence-corrected chi connectivity index (χ0v) is 16.3. The Bertz CT molecular complexity index is 1370. The summed E-state index contributed by atoms with van der Waals surface area (Å²) in [5.74, 6) is -3.10. The first-order valence-corrected chi connectivity index (χ1v) is 9.14. The van der Waals surface area contributed by atoms with Crippen LogP contribution in [0.4, 0.5) is 8.78 Å². The van der Waals surface area contributed by atoms with Crippen LogP contribution in [0.5, 0.6) is 0 Å². The van der Waals surface area contributed by atoms with Crippen molar-refractivity contribution in [2.24, 2.45) is 11.5 Å². The highest BCUT2D eigenvalue weighted by atomic mass is 19.1. The molecule has 4 rings (SSSR count). The Hall–Kier alpha value is -4.21. The minimum atomic E-state index is -0.873. The maximum absolute atomic E-state index is 14.1. The number of nitrogens with two attached hydrogens (primary N) is 2. The Morgan fingerprint density at radius 3 is 2.48 bits per heavy atom. The molecule has 4 aromatic rings. The molecule has 2 heterocycles. The first-order valence-electron chi connectivity index (χ1n) is 9.14. The average molecular weight is 422 g/mol. The highest BCUT2D eigenvalue weighted by Gasteiger charge is 2.27. The smallest absolute Gasteiger partial charge is 0.268 e. The largest absolute Gasteiger partial charge is 0.366 e. The molecule has 0 spiro atoms. The van der Waals surface area contributed by atoms with Crippen LogP contribution in [-0.2, 0) is 6.54 Å². The quantitative estimate of drug-likeness (QED) is 0.510. The number of fused-ring (bicyclic) bond motifs is 1. The molecule has 10 heteroatoms. The van der Waals surface area contributed by atoms with Gasteiger partial charge in [0.15, 0.2) is 0 Å². The number of halogens is 2. The van der Waals surface area contributed by atoms with E-state index in [0.29, 0.717) is 16.6 Å². The molecular formula is C21H16F2N6O2. The van der Waals surface area contributed by atoms with Gasteiger partial charge in [-0.1, -0.05) is 29.5 Å². The van der Waals surface area contributed by atoms with E-state index in [1.165, 1.54) is 10.7 Å². The second-order valence-electron chi connectivity index (χ2n) is 6.87. The van der Waals surface area contributed by atoms with E-state index in [4.69, 9.17) is 11.5 Å². The lowest BCUT2D eigenvalue weighted by molar-refractivity contribution is 0.0996. The van der Waals surface area contributed by atoms with Crippen LogP contribution < -0.4 is 11.5 Å². The first-order chi connectivity index (χ1) is 14.8. The second kappa shape index (κ2) is 7.56. The number of carbonyl (C=O) groups is 2. The van der Waals surface area contributed by atoms with Crippen LogP contribution in [-0.4, -0.2) is 31.8 Å². The van der Waals surface area contributed by atoms with Gasteiger partial charge in [-0.3, -0.25) is 9.59 Å². The van der Waals surface area contributed by atoms with Crippen molar-refractivity contribution in [3.63, 3.8) is 0 Å². The van der Waals surface area contributed by atoms with Gasteiger partial charge in [0.2, 0.25) is 5.91 Å². The highest BCUT2D eigenvalue weighted by Crippen LogP contribution is 2.32. The average Bonchev–Trinajstić information content (AvgIpc) is 3.08. The van der Waals surface area contributed by atoms with Crippen LogP contribution in [0.3, 0.4) is 0 Å². The number of aromatic nitrogens is 4. The monoisotopic (exact) mass is 422 g/mol. The molecule has 2 aromatic carbocycles. The number of nitrogens with zero attached hydrogens (tertiary/aromatic N) is 4. The predicted octanol–water partition coefficient (Wildman–Crippen LogP) is 2.33. The van der Waals surface area contributed by atoms with Crippen LogP contribution in [0, 0.1) is 18.6 Å². The summed E-state index contributed by atoms with van der Waals surface area (Å²) in [5, 5.41) is 8.51. The van der Waals surface area contributed by atoms with Gasteiger partial charge in [-0.05, 0) is 19.1 Å². The molecule has 0 unspecified atom stereocenters. The summed E-state index contributed by atoms with van der Waals surface area (Å²) in [6.45, 7) is 1.57. The van der Waals surface area contributed by atoms with E-state index in [1.807, 2.05) is 0 Å². The van der Waals surface area contributed by atoms with Crippen LogP contribution in [0.2, 0.25) is 0 Å². The van der Waals surface area contributed by atoms with Gasteiger partial charge in [-0.25, -0.2) is 18.4 Å². The van der Waals surface area contributed by atoms with E-state index in [9.17, 15) is 18.4 Å². The Balaban J connectivity index is 1.93. The summed E-state index contributed by atoms with van der Waals surface area (Å²) in [4.78, 5) is 28.8. The number of carbonyl (C=O) groups excluding carboxylic acids is 2. The molecule has 0 atom stereocenters. The van der Waals surface area contributed by atoms with Gasteiger partial charge < -0.3 is 11.5 Å². The van der Waals surface area contributed by atoms with Crippen molar-refractivity contribution >= 4 is 22.7 Å². The van der Waals surface area contributed by atoms with Crippen molar-refractivity contribution in [2.75, 3.05) is 0 Å². The number of benzene rings is 2. The third-order valence-electron chi connectivity index (χ3n) is 4.93. The lowest BCUT2D eigenvalue weighted by Gasteiger charge is -2.13. The number of hydrogen-bond donors (Lipinski definition) is 2. The lowest BCUT2D eigenvalue weighted by atomic mass is 9.96. The van der Waals surface area contributed by atoms with E-state index in [1.54, 1.807) is 31.2 Å². The molecule has 156 valence electrons. The van der Waals surface area contributed by atoms with E-state index in [-0.39, 0.29) is 34.6 Å². The summed E-state index contributed by atoms with van der Waals surface area (Å²) >= 11 is 0. The SMILES string of the molecule is Cc1c(-c2c(C(N)=O)nc3ccccc3c2C(N)=O)nnn1Cc1ccc(F)cc1F. The van der Waals surface area contributed by atoms with Gasteiger partial charge in [0.25, 0.3) is 5.91 Å². The van der Waals surface area contributed by atoms with Crippen molar-refractivity contribution in [3.8, 4) is 11.3 Å². The van der Waals surface area contributed by atoms with Crippen LogP contribution in [0.1, 0.15) is 32.1 Å². The molecule has 0 aliphatic rings. The maximum atomic E-state index is 14.1. The Morgan fingerprint density at radius 1 is 1.06 bits per heavy atom. The summed E-state index contributed by atoms with van der Waals surface area (Å²) in [7, 11) is 0. The molecule has 8 nitrogen and oxygen atoms in total. The molecule has 0 radical (unpaired) electrons. The van der Waals surface area contributed by atoms with Gasteiger partial charge in [0.05, 0.1) is 23.3 Å². The second-order valence-corrected chi connectivity index (χ2v) is 6.87. The summed E-state index contributed by atoms with van der Waals surface area (Å²) in [5.41, 5.74) is 12.2. The van der Waals surface area contributed by atoms with Gasteiger partial charge in [-0.2, -0.15) is 0 Å². The van der Waals surface area contributed by atoms with E-state index < -0.39 is 23.4 Å². The molecule has 0 fully saturated rings. The fourth-order valence-corrected chi connectivity index (χ4v) is 3.43. The predicted molar refractivity (Wildman–Crippen MR) is 108 cm³/mol. The van der Waals surface area contributed by atoms with Crippen molar-refractivity contribution in [2.45, 2.75) is 13.5 Å². The van der Waals surface area contributed by atoms with Crippen LogP contribution in [0.15, 0.2) is 42.5 Å². The molecule has 31 heavy (non-hydrogen) atoms. The topological polar surface area (TPSA) is 130 Å². The molecule has 2 aromatic heterocycles. The summed E-state index contributed by atoms with van der Waals surface area (Å²) in [6, 6.07) is 9.87. The zero-order chi connectivity index (χ0) is 22.3. The Labute approximate surface area is 174 Å². The molecule has 0 saturated carbocycles. The number of primary amides is 2. The van der Waals surface area contributed by atoms with Crippen LogP contribution in [0.25, 0.3) is 22.2 Å². The number of para-hydroxylation sites is 1.